The maximum absolute atomic E-state index is 14.0. The summed E-state index contributed by atoms with van der Waals surface area (Å²) in [6.07, 6.45) is -0.733. The minimum atomic E-state index is -6.05. The summed E-state index contributed by atoms with van der Waals surface area (Å²) in [5.74, 6) is -15.3. The van der Waals surface area contributed by atoms with Crippen LogP contribution in [0.15, 0.2) is 79.1 Å². The molecule has 0 bridgehead atoms. The molecule has 0 unspecified atom stereocenters. The fraction of sp³-hybridized carbons (Fsp3) is 0.118. The molecule has 54 heteroatoms. The fourth-order valence-electron chi connectivity index (χ4n) is 6.36. The number of rotatable bonds is 25. The second-order valence-corrected chi connectivity index (χ2v) is 22.3. The van der Waals surface area contributed by atoms with Crippen molar-refractivity contribution in [3.05, 3.63) is 81.1 Å². The Morgan fingerprint density at radius 2 is 0.580 bits per heavy atom. The summed E-state index contributed by atoms with van der Waals surface area (Å²) >= 11 is 0. The summed E-state index contributed by atoms with van der Waals surface area (Å²) in [7, 11) is -46.9. The molecule has 0 N–H and O–H groups in total. The number of hydrogen-bond donors (Lipinski definition) is 0. The minimum Gasteiger partial charge on any atom is -0.716 e. The van der Waals surface area contributed by atoms with Crippen LogP contribution in [0.2, 0.25) is 0 Å². The van der Waals surface area contributed by atoms with Crippen molar-refractivity contribution >= 4 is 105 Å². The Hall–Kier alpha value is 0.580. The summed E-state index contributed by atoms with van der Waals surface area (Å²) in [6, 6.07) is 4.28. The van der Waals surface area contributed by atoms with Crippen molar-refractivity contribution in [2.24, 2.45) is 0 Å². The molecule has 0 aliphatic carbocycles. The van der Waals surface area contributed by atoms with Crippen LogP contribution in [0, 0.1) is 0 Å². The molecule has 0 fully saturated rings. The molecule has 0 aliphatic heterocycles. The first-order valence-electron chi connectivity index (χ1n) is 19.5. The third kappa shape index (κ3) is 29.1. The third-order valence-corrected chi connectivity index (χ3v) is 11.9. The standard InChI is InChI=1S/C34H26O38S8.8Na/c35-29-27-23(11-17(65-73(37,38)39)13-25(27)63-31(33(29)71-79(55,56)57)15-3-5-19(67-75(43,44)45)21(9-15)69-77(49,50)51)61-7-1-2-8-62-24-12-18(66-74(40,41)42)14-26-28(24)30(36)34(72-80(58,59)60)32(64-26)16-4-6-20(68-76(46,47)48)22(10-16)70-78(52,53)54;;;;;;;;/h3-6,9-14H,1-2,7-8H2,(H,37,38,39)(H,40,41,42)(H,43,44,45)(H,46,47,48)(H,49,50,51)(H,52,53,54)(H,55,56,57)(H,58,59,60);;;;;;;;/q;8*+1/p-8. The van der Waals surface area contributed by atoms with E-state index in [9.17, 15) is 113 Å². The van der Waals surface area contributed by atoms with Gasteiger partial charge in [0.1, 0.15) is 44.9 Å². The minimum absolute atomic E-state index is 0. The molecule has 38 nitrogen and oxygen atoms in total. The smallest absolute Gasteiger partial charge is 0.716 e. The van der Waals surface area contributed by atoms with Gasteiger partial charge >= 0.3 is 236 Å². The van der Waals surface area contributed by atoms with Gasteiger partial charge in [0, 0.05) is 35.4 Å². The molecule has 88 heavy (non-hydrogen) atoms. The van der Waals surface area contributed by atoms with E-state index in [1.54, 1.807) is 0 Å². The normalized spacial score (nSPS) is 11.7. The Balaban J connectivity index is -0.00000903. The topological polar surface area (TPSA) is 610 Å². The summed E-state index contributed by atoms with van der Waals surface area (Å²) < 4.78 is 332. The molecule has 0 saturated heterocycles. The van der Waals surface area contributed by atoms with Gasteiger partial charge in [-0.05, 0) is 49.2 Å². The monoisotopic (exact) mass is 1470 g/mol. The summed E-state index contributed by atoms with van der Waals surface area (Å²) in [4.78, 5) is 28.0. The average Bonchev–Trinajstić information content (AvgIpc) is 1.22. The van der Waals surface area contributed by atoms with Crippen LogP contribution in [0.25, 0.3) is 44.6 Å². The zero-order valence-electron chi connectivity index (χ0n) is 45.4. The first kappa shape index (κ1) is 92.8. The number of hydrogen-bond acceptors (Lipinski definition) is 38. The molecular weight excluding hydrogens is 1460 g/mol. The molecule has 2 heterocycles. The van der Waals surface area contributed by atoms with Gasteiger partial charge in [-0.1, -0.05) is 0 Å². The van der Waals surface area contributed by atoms with E-state index < -0.39 is 209 Å². The van der Waals surface area contributed by atoms with Crippen LogP contribution in [-0.2, 0) is 83.2 Å². The molecule has 0 saturated carbocycles. The molecule has 6 rings (SSSR count). The summed E-state index contributed by atoms with van der Waals surface area (Å²) in [5, 5.41) is -1.98. The van der Waals surface area contributed by atoms with Crippen molar-refractivity contribution in [3.8, 4) is 80.1 Å². The van der Waals surface area contributed by atoms with Gasteiger partial charge in [0.2, 0.25) is 22.4 Å². The quantitative estimate of drug-likeness (QED) is 0.0222. The van der Waals surface area contributed by atoms with Gasteiger partial charge in [0.15, 0.2) is 34.5 Å². The van der Waals surface area contributed by atoms with Crippen molar-refractivity contribution in [2.75, 3.05) is 13.2 Å². The van der Waals surface area contributed by atoms with Crippen LogP contribution in [-0.4, -0.2) is 117 Å². The predicted molar refractivity (Wildman–Crippen MR) is 239 cm³/mol. The largest absolute Gasteiger partial charge is 1.00 e. The van der Waals surface area contributed by atoms with E-state index in [0.717, 1.165) is 0 Å². The van der Waals surface area contributed by atoms with Crippen LogP contribution >= 0.6 is 0 Å². The Kier molecular flexibility index (Phi) is 38.2. The number of ether oxygens (including phenoxy) is 2. The van der Waals surface area contributed by atoms with Crippen molar-refractivity contribution < 1.29 is 392 Å². The van der Waals surface area contributed by atoms with Gasteiger partial charge in [0.25, 0.3) is 83.2 Å². The van der Waals surface area contributed by atoms with Crippen molar-refractivity contribution in [2.45, 2.75) is 12.8 Å². The number of benzene rings is 4. The Labute approximate surface area is 673 Å². The maximum Gasteiger partial charge on any atom is 1.00 e. The molecule has 6 aromatic rings. The van der Waals surface area contributed by atoms with E-state index in [1.165, 1.54) is 0 Å². The Morgan fingerprint density at radius 3 is 0.841 bits per heavy atom. The molecule has 2 aromatic heterocycles. The van der Waals surface area contributed by atoms with Crippen molar-refractivity contribution in [3.63, 3.8) is 0 Å². The molecule has 0 atom stereocenters. The number of unbranched alkanes of at least 4 members (excludes halogenated alkanes) is 1. The van der Waals surface area contributed by atoms with Crippen LogP contribution < -0.4 is 290 Å². The second-order valence-electron chi connectivity index (χ2n) is 14.4. The van der Waals surface area contributed by atoms with Gasteiger partial charge in [-0.15, -0.1) is 0 Å². The van der Waals surface area contributed by atoms with Gasteiger partial charge < -0.3 is 88.2 Å². The molecule has 0 aliphatic rings. The van der Waals surface area contributed by atoms with Gasteiger partial charge in [0.05, 0.1) is 13.2 Å². The van der Waals surface area contributed by atoms with Crippen molar-refractivity contribution in [1.29, 1.82) is 0 Å². The molecule has 0 spiro atoms. The van der Waals surface area contributed by atoms with E-state index in [1.807, 2.05) is 0 Å². The van der Waals surface area contributed by atoms with Crippen LogP contribution in [0.5, 0.6) is 57.5 Å². The Bertz CT molecular complexity index is 4310. The average molecular weight is 1470 g/mol. The summed E-state index contributed by atoms with van der Waals surface area (Å²) in [6.45, 7) is -1.43. The molecule has 438 valence electrons. The van der Waals surface area contributed by atoms with Crippen LogP contribution in [0.1, 0.15) is 12.8 Å². The third-order valence-electron chi connectivity index (χ3n) is 8.78. The predicted octanol–water partition coefficient (Wildman–Crippen LogP) is -25.8. The molecular formula is C34H18Na8O38S8. The van der Waals surface area contributed by atoms with Gasteiger partial charge in [-0.3, -0.25) is 9.59 Å². The summed E-state index contributed by atoms with van der Waals surface area (Å²) in [5.41, 5.74) is -7.19. The molecule has 0 amide bonds. The zero-order valence-corrected chi connectivity index (χ0v) is 67.9. The molecule has 0 radical (unpaired) electrons. The maximum atomic E-state index is 14.0. The Morgan fingerprint density at radius 1 is 0.318 bits per heavy atom. The first-order chi connectivity index (χ1) is 36.4. The fourth-order valence-corrected chi connectivity index (χ4v) is 9.15. The van der Waals surface area contributed by atoms with Crippen molar-refractivity contribution in [1.82, 2.24) is 0 Å². The number of fused-ring (bicyclic) bond motifs is 2. The van der Waals surface area contributed by atoms with E-state index >= 15 is 0 Å². The van der Waals surface area contributed by atoms with Gasteiger partial charge in [-0.2, -0.15) is 0 Å². The SMILES string of the molecule is O=c1c(OS(=O)(=O)[O-])c(-c2ccc(OS(=O)(=O)[O-])c(OS(=O)(=O)[O-])c2)oc2cc(OS(=O)(=O)[O-])cc(OCCCCOc3cc(OS(=O)(=O)[O-])cc4oc(-c5ccc(OS(=O)(=O)[O-])c(OS(=O)(=O)[O-])c5)c(OS(=O)(=O)[O-])c(=O)c34)c12.[Na+].[Na+].[Na+].[Na+].[Na+].[Na+].[Na+].[Na+]. The van der Waals surface area contributed by atoms with Crippen LogP contribution in [0.3, 0.4) is 0 Å². The second kappa shape index (κ2) is 36.2. The van der Waals surface area contributed by atoms with E-state index in [0.29, 0.717) is 48.5 Å². The van der Waals surface area contributed by atoms with E-state index in [2.05, 4.69) is 33.5 Å². The van der Waals surface area contributed by atoms with Gasteiger partial charge in [-0.25, -0.2) is 67.3 Å². The van der Waals surface area contributed by atoms with E-state index in [4.69, 9.17) is 18.3 Å². The molecule has 4 aromatic carbocycles. The van der Waals surface area contributed by atoms with E-state index in [-0.39, 0.29) is 261 Å². The first-order valence-corrected chi connectivity index (χ1v) is 30.1. The van der Waals surface area contributed by atoms with Crippen LogP contribution in [0.4, 0.5) is 0 Å². The zero-order chi connectivity index (χ0) is 59.9.